The molecule has 0 saturated heterocycles. The lowest BCUT2D eigenvalue weighted by molar-refractivity contribution is -0.143. The maximum Gasteiger partial charge on any atom is 0.336 e. The molecule has 3 atom stereocenters. The Morgan fingerprint density at radius 2 is 1.89 bits per heavy atom. The zero-order chi connectivity index (χ0) is 28.2. The van der Waals surface area contributed by atoms with Gasteiger partial charge in [0.25, 0.3) is 0 Å². The minimum absolute atomic E-state index is 0.0705. The number of carboxylic acid groups (broad SMARTS) is 1. The van der Waals surface area contributed by atoms with Crippen LogP contribution in [0.1, 0.15) is 85.5 Å². The Hall–Kier alpha value is -2.11. The normalized spacial score (nSPS) is 20.4. The van der Waals surface area contributed by atoms with Gasteiger partial charge in [-0.25, -0.2) is 4.79 Å². The molecule has 2 N–H and O–H groups in total. The fourth-order valence-corrected chi connectivity index (χ4v) is 6.02. The molecule has 1 aromatic rings. The summed E-state index contributed by atoms with van der Waals surface area (Å²) in [5.41, 5.74) is 4.26. The summed E-state index contributed by atoms with van der Waals surface area (Å²) in [6, 6.07) is 9.90. The predicted octanol–water partition coefficient (Wildman–Crippen LogP) is 8.07. The summed E-state index contributed by atoms with van der Waals surface area (Å²) < 4.78 is 11.9. The number of aliphatic carboxylic acids is 1. The van der Waals surface area contributed by atoms with Crippen LogP contribution in [0.25, 0.3) is 0 Å². The summed E-state index contributed by atoms with van der Waals surface area (Å²) in [6.45, 7) is 13.3. The van der Waals surface area contributed by atoms with Gasteiger partial charge >= 0.3 is 5.97 Å². The molecule has 0 radical (unpaired) electrons. The Bertz CT molecular complexity index is 956. The first-order valence-corrected chi connectivity index (χ1v) is 17.2. The van der Waals surface area contributed by atoms with Crippen LogP contribution in [-0.2, 0) is 9.22 Å². The van der Waals surface area contributed by atoms with Crippen LogP contribution in [0.5, 0.6) is 5.75 Å². The Morgan fingerprint density at radius 3 is 2.53 bits per heavy atom. The highest BCUT2D eigenvalue weighted by atomic mass is 28.4. The lowest BCUT2D eigenvalue weighted by Gasteiger charge is -2.37. The van der Waals surface area contributed by atoms with E-state index in [1.54, 1.807) is 0 Å². The third kappa shape index (κ3) is 9.27. The SMILES string of the molecule is CCCC[C@@]1(CCC=C=CC(O[Si](C)(C)C(C)(C)C)C(=O)O)C(CCCCOc2ccccc2)=CCC1O. The van der Waals surface area contributed by atoms with E-state index < -0.39 is 20.4 Å². The number of hydrogen-bond acceptors (Lipinski definition) is 4. The first kappa shape index (κ1) is 32.1. The zero-order valence-electron chi connectivity index (χ0n) is 24.5. The molecule has 0 bridgehead atoms. The molecule has 0 saturated carbocycles. The van der Waals surface area contributed by atoms with Crippen molar-refractivity contribution in [1.29, 1.82) is 0 Å². The van der Waals surface area contributed by atoms with Crippen LogP contribution >= 0.6 is 0 Å². The highest BCUT2D eigenvalue weighted by Crippen LogP contribution is 2.49. The molecule has 38 heavy (non-hydrogen) atoms. The van der Waals surface area contributed by atoms with E-state index in [2.05, 4.69) is 52.6 Å². The largest absolute Gasteiger partial charge is 0.494 e. The summed E-state index contributed by atoms with van der Waals surface area (Å²) in [4.78, 5) is 11.8. The third-order valence-electron chi connectivity index (χ3n) is 8.27. The molecule has 0 spiro atoms. The van der Waals surface area contributed by atoms with Gasteiger partial charge in [0.1, 0.15) is 5.75 Å². The van der Waals surface area contributed by atoms with Gasteiger partial charge in [-0.05, 0) is 87.4 Å². The van der Waals surface area contributed by atoms with Crippen molar-refractivity contribution >= 4 is 14.3 Å². The quantitative estimate of drug-likeness (QED) is 0.0956. The Morgan fingerprint density at radius 1 is 1.18 bits per heavy atom. The van der Waals surface area contributed by atoms with Crippen molar-refractivity contribution in [2.24, 2.45) is 5.41 Å². The van der Waals surface area contributed by atoms with Crippen molar-refractivity contribution in [3.05, 3.63) is 59.9 Å². The van der Waals surface area contributed by atoms with Crippen LogP contribution in [0.15, 0.2) is 59.9 Å². The second kappa shape index (κ2) is 14.9. The van der Waals surface area contributed by atoms with Gasteiger partial charge in [-0.1, -0.05) is 70.4 Å². The van der Waals surface area contributed by atoms with Crippen LogP contribution in [0.2, 0.25) is 18.1 Å². The van der Waals surface area contributed by atoms with Gasteiger partial charge in [0.15, 0.2) is 14.4 Å². The third-order valence-corrected chi connectivity index (χ3v) is 12.7. The molecule has 6 heteroatoms. The Kier molecular flexibility index (Phi) is 12.6. The van der Waals surface area contributed by atoms with E-state index in [9.17, 15) is 15.0 Å². The van der Waals surface area contributed by atoms with Gasteiger partial charge in [-0.2, -0.15) is 0 Å². The van der Waals surface area contributed by atoms with Gasteiger partial charge in [0.2, 0.25) is 0 Å². The number of para-hydroxylation sites is 1. The molecule has 0 aromatic heterocycles. The van der Waals surface area contributed by atoms with E-state index >= 15 is 0 Å². The number of benzene rings is 1. The van der Waals surface area contributed by atoms with Crippen molar-refractivity contribution in [3.8, 4) is 5.75 Å². The molecular formula is C32H50O5Si. The zero-order valence-corrected chi connectivity index (χ0v) is 25.5. The van der Waals surface area contributed by atoms with Crippen molar-refractivity contribution in [2.75, 3.05) is 6.61 Å². The predicted molar refractivity (Wildman–Crippen MR) is 158 cm³/mol. The maximum atomic E-state index is 11.8. The van der Waals surface area contributed by atoms with E-state index in [1.807, 2.05) is 36.4 Å². The molecule has 5 nitrogen and oxygen atoms in total. The highest BCUT2D eigenvalue weighted by Gasteiger charge is 2.43. The maximum absolute atomic E-state index is 11.8. The fraction of sp³-hybridized carbons (Fsp3) is 0.625. The van der Waals surface area contributed by atoms with Crippen molar-refractivity contribution in [1.82, 2.24) is 0 Å². The number of hydrogen-bond donors (Lipinski definition) is 2. The molecule has 1 aliphatic carbocycles. The molecule has 1 aliphatic rings. The Labute approximate surface area is 231 Å². The van der Waals surface area contributed by atoms with E-state index in [0.717, 1.165) is 57.1 Å². The van der Waals surface area contributed by atoms with E-state index in [4.69, 9.17) is 9.16 Å². The smallest absolute Gasteiger partial charge is 0.336 e. The van der Waals surface area contributed by atoms with Gasteiger partial charge in [0.05, 0.1) is 12.7 Å². The van der Waals surface area contributed by atoms with Crippen molar-refractivity contribution in [3.63, 3.8) is 0 Å². The number of rotatable bonds is 16. The second-order valence-corrected chi connectivity index (χ2v) is 16.8. The summed E-state index contributed by atoms with van der Waals surface area (Å²) >= 11 is 0. The standard InChI is InChI=1S/C32H50O5Si/c1-7-8-23-32(24-15-10-13-20-28(30(34)35)37-38(5,6)31(2,3)4)26(21-22-29(32)33)17-14-16-25-36-27-18-11-9-12-19-27/h9-12,18-21,28-29,33H,7-8,14-17,22-25H2,1-6H3,(H,34,35)/t13?,28?,29?,32-/m1/s1. The summed E-state index contributed by atoms with van der Waals surface area (Å²) in [5, 5.41) is 20.7. The molecule has 0 aliphatic heterocycles. The number of unbranched alkanes of at least 4 members (excludes halogenated alkanes) is 2. The lowest BCUT2D eigenvalue weighted by Crippen LogP contribution is -2.45. The van der Waals surface area contributed by atoms with Crippen LogP contribution in [0, 0.1) is 5.41 Å². The molecule has 2 rings (SSSR count). The molecule has 212 valence electrons. The van der Waals surface area contributed by atoms with Gasteiger partial charge in [-0.3, -0.25) is 0 Å². The Balaban J connectivity index is 1.99. The van der Waals surface area contributed by atoms with Crippen LogP contribution in [0.3, 0.4) is 0 Å². The summed E-state index contributed by atoms with van der Waals surface area (Å²) in [5.74, 6) is -0.0807. The number of carbonyl (C=O) groups is 1. The second-order valence-electron chi connectivity index (χ2n) is 12.1. The molecule has 1 aromatic carbocycles. The molecular weight excluding hydrogens is 492 g/mol. The number of aliphatic hydroxyl groups is 1. The van der Waals surface area contributed by atoms with Crippen LogP contribution in [0.4, 0.5) is 0 Å². The van der Waals surface area contributed by atoms with Crippen molar-refractivity contribution in [2.45, 2.75) is 116 Å². The lowest BCUT2D eigenvalue weighted by atomic mass is 9.70. The van der Waals surface area contributed by atoms with Gasteiger partial charge in [-0.15, -0.1) is 5.73 Å². The first-order valence-electron chi connectivity index (χ1n) is 14.3. The monoisotopic (exact) mass is 542 g/mol. The minimum atomic E-state index is -2.22. The number of ether oxygens (including phenoxy) is 1. The average Bonchev–Trinajstić information content (AvgIpc) is 3.16. The highest BCUT2D eigenvalue weighted by molar-refractivity contribution is 6.74. The van der Waals surface area contributed by atoms with Gasteiger partial charge in [0, 0.05) is 5.41 Å². The summed E-state index contributed by atoms with van der Waals surface area (Å²) in [6.07, 6.45) is 12.7. The summed E-state index contributed by atoms with van der Waals surface area (Å²) in [7, 11) is -2.22. The fourth-order valence-electron chi connectivity index (χ4n) is 4.86. The minimum Gasteiger partial charge on any atom is -0.494 e. The topological polar surface area (TPSA) is 76.0 Å². The number of carboxylic acids is 1. The average molecular weight is 543 g/mol. The van der Waals surface area contributed by atoms with E-state index in [-0.39, 0.29) is 16.6 Å². The number of aliphatic hydroxyl groups excluding tert-OH is 1. The molecule has 0 heterocycles. The van der Waals surface area contributed by atoms with Crippen LogP contribution in [-0.4, -0.2) is 43.3 Å². The molecule has 0 fully saturated rings. The van der Waals surface area contributed by atoms with Crippen LogP contribution < -0.4 is 4.74 Å². The molecule has 2 unspecified atom stereocenters. The molecule has 0 amide bonds. The van der Waals surface area contributed by atoms with Crippen molar-refractivity contribution < 1.29 is 24.2 Å². The van der Waals surface area contributed by atoms with E-state index in [0.29, 0.717) is 13.0 Å². The van der Waals surface area contributed by atoms with Gasteiger partial charge < -0.3 is 19.4 Å². The van der Waals surface area contributed by atoms with E-state index in [1.165, 1.54) is 11.6 Å². The first-order chi connectivity index (χ1) is 17.9.